The minimum absolute atomic E-state index is 0.202. The fourth-order valence-electron chi connectivity index (χ4n) is 1.74. The first-order chi connectivity index (χ1) is 10.7. The Morgan fingerprint density at radius 3 is 2.77 bits per heavy atom. The first-order valence-corrected chi connectivity index (χ1v) is 8.40. The van der Waals surface area contributed by atoms with Crippen molar-refractivity contribution in [3.8, 4) is 11.8 Å². The van der Waals surface area contributed by atoms with Crippen molar-refractivity contribution in [2.24, 2.45) is 4.99 Å². The summed E-state index contributed by atoms with van der Waals surface area (Å²) in [7, 11) is 0. The molecule has 1 aliphatic heterocycles. The smallest absolute Gasteiger partial charge is 0.321 e. The summed E-state index contributed by atoms with van der Waals surface area (Å²) in [6.45, 7) is 0. The molecule has 0 unspecified atom stereocenters. The minimum atomic E-state index is -0.202. The van der Waals surface area contributed by atoms with E-state index < -0.39 is 0 Å². The van der Waals surface area contributed by atoms with E-state index in [4.69, 9.17) is 4.74 Å². The summed E-state index contributed by atoms with van der Waals surface area (Å²) in [5, 5.41) is 0. The number of benzene rings is 1. The van der Waals surface area contributed by atoms with Crippen LogP contribution < -0.4 is 4.74 Å². The molecule has 0 saturated carbocycles. The first-order valence-electron chi connectivity index (χ1n) is 6.36. The highest BCUT2D eigenvalue weighted by Crippen LogP contribution is 2.33. The van der Waals surface area contributed by atoms with Crippen LogP contribution in [0.1, 0.15) is 5.56 Å². The van der Waals surface area contributed by atoms with Gasteiger partial charge in [0.05, 0.1) is 4.91 Å². The highest BCUT2D eigenvalue weighted by Gasteiger charge is 2.20. The van der Waals surface area contributed by atoms with Gasteiger partial charge in [-0.3, -0.25) is 4.79 Å². The second-order valence-electron chi connectivity index (χ2n) is 4.20. The molecule has 110 valence electrons. The molecule has 2 heterocycles. The Morgan fingerprint density at radius 2 is 2.05 bits per heavy atom. The van der Waals surface area contributed by atoms with E-state index in [1.165, 1.54) is 23.5 Å². The summed E-state index contributed by atoms with van der Waals surface area (Å²) in [6, 6.07) is 9.40. The van der Waals surface area contributed by atoms with E-state index in [2.05, 4.69) is 15.0 Å². The molecule has 1 aliphatic rings. The van der Waals surface area contributed by atoms with Crippen molar-refractivity contribution in [1.82, 2.24) is 9.97 Å². The predicted octanol–water partition coefficient (Wildman–Crippen LogP) is 3.60. The van der Waals surface area contributed by atoms with Crippen LogP contribution in [0.5, 0.6) is 11.8 Å². The lowest BCUT2D eigenvalue weighted by Gasteiger charge is -2.04. The lowest BCUT2D eigenvalue weighted by molar-refractivity contribution is -0.113. The van der Waals surface area contributed by atoms with Crippen molar-refractivity contribution < 1.29 is 9.53 Å². The highest BCUT2D eigenvalue weighted by atomic mass is 32.2. The van der Waals surface area contributed by atoms with Gasteiger partial charge in [0.15, 0.2) is 0 Å². The van der Waals surface area contributed by atoms with Gasteiger partial charge in [-0.15, -0.1) is 11.8 Å². The average molecular weight is 329 g/mol. The average Bonchev–Trinajstić information content (AvgIpc) is 2.89. The standard InChI is InChI=1S/C15H11N3O2S2/c1-21-15-18-13(19)12(22-15)9-10-4-2-5-11(8-10)20-14-16-6-3-7-17-14/h2-9H,1H3/b12-9-. The molecule has 1 amide bonds. The molecule has 7 heteroatoms. The molecule has 22 heavy (non-hydrogen) atoms. The largest absolute Gasteiger partial charge is 0.424 e. The van der Waals surface area contributed by atoms with E-state index in [1.54, 1.807) is 24.5 Å². The van der Waals surface area contributed by atoms with E-state index in [1.807, 2.05) is 30.5 Å². The quantitative estimate of drug-likeness (QED) is 0.802. The Kier molecular flexibility index (Phi) is 4.55. The molecule has 0 fully saturated rings. The number of ether oxygens (including phenoxy) is 1. The van der Waals surface area contributed by atoms with E-state index in [0.29, 0.717) is 10.7 Å². The second-order valence-corrected chi connectivity index (χ2v) is 6.29. The molecule has 3 rings (SSSR count). The summed E-state index contributed by atoms with van der Waals surface area (Å²) >= 11 is 2.85. The molecule has 0 spiro atoms. The van der Waals surface area contributed by atoms with Crippen molar-refractivity contribution in [1.29, 1.82) is 0 Å². The molecular weight excluding hydrogens is 318 g/mol. The zero-order valence-electron chi connectivity index (χ0n) is 11.6. The van der Waals surface area contributed by atoms with E-state index >= 15 is 0 Å². The monoisotopic (exact) mass is 329 g/mol. The molecule has 0 atom stereocenters. The molecule has 5 nitrogen and oxygen atoms in total. The van der Waals surface area contributed by atoms with Gasteiger partial charge >= 0.3 is 6.01 Å². The number of hydrogen-bond acceptors (Lipinski definition) is 6. The summed E-state index contributed by atoms with van der Waals surface area (Å²) < 4.78 is 6.34. The number of amides is 1. The lowest BCUT2D eigenvalue weighted by Crippen LogP contribution is -1.91. The summed E-state index contributed by atoms with van der Waals surface area (Å²) in [5.74, 6) is 0.411. The number of rotatable bonds is 3. The maximum Gasteiger partial charge on any atom is 0.321 e. The molecule has 0 aliphatic carbocycles. The maximum atomic E-state index is 11.8. The molecular formula is C15H11N3O2S2. The van der Waals surface area contributed by atoms with Crippen LogP contribution in [0.25, 0.3) is 6.08 Å². The van der Waals surface area contributed by atoms with Gasteiger partial charge in [-0.05, 0) is 36.1 Å². The van der Waals surface area contributed by atoms with Crippen LogP contribution in [0.4, 0.5) is 0 Å². The Morgan fingerprint density at radius 1 is 1.23 bits per heavy atom. The molecule has 2 aromatic rings. The number of carbonyl (C=O) groups excluding carboxylic acids is 1. The number of carbonyl (C=O) groups is 1. The van der Waals surface area contributed by atoms with Gasteiger partial charge in [-0.2, -0.15) is 4.99 Å². The fourth-order valence-corrected chi connectivity index (χ4v) is 3.16. The number of nitrogens with zero attached hydrogens (tertiary/aromatic N) is 3. The number of hydrogen-bond donors (Lipinski definition) is 0. The Bertz CT molecular complexity index is 760. The fraction of sp³-hybridized carbons (Fsp3) is 0.0667. The minimum Gasteiger partial charge on any atom is -0.424 e. The van der Waals surface area contributed by atoms with Crippen LogP contribution in [-0.4, -0.2) is 26.5 Å². The van der Waals surface area contributed by atoms with Crippen LogP contribution in [0.3, 0.4) is 0 Å². The topological polar surface area (TPSA) is 64.4 Å². The molecule has 0 radical (unpaired) electrons. The third-order valence-electron chi connectivity index (χ3n) is 2.68. The zero-order chi connectivity index (χ0) is 15.4. The number of aromatic nitrogens is 2. The first kappa shape index (κ1) is 14.8. The number of thioether (sulfide) groups is 2. The van der Waals surface area contributed by atoms with E-state index in [9.17, 15) is 4.79 Å². The van der Waals surface area contributed by atoms with Crippen LogP contribution in [0, 0.1) is 0 Å². The Balaban J connectivity index is 1.79. The normalized spacial score (nSPS) is 16.0. The summed E-state index contributed by atoms with van der Waals surface area (Å²) in [5.41, 5.74) is 0.863. The third-order valence-corrected chi connectivity index (χ3v) is 4.65. The summed E-state index contributed by atoms with van der Waals surface area (Å²) in [6.07, 6.45) is 6.93. The van der Waals surface area contributed by atoms with Gasteiger partial charge in [0.25, 0.3) is 5.91 Å². The van der Waals surface area contributed by atoms with E-state index in [-0.39, 0.29) is 11.9 Å². The van der Waals surface area contributed by atoms with Gasteiger partial charge in [-0.1, -0.05) is 23.9 Å². The van der Waals surface area contributed by atoms with Gasteiger partial charge in [0.2, 0.25) is 0 Å². The molecule has 1 aromatic carbocycles. The Labute approximate surface area is 135 Å². The third kappa shape index (κ3) is 3.55. The van der Waals surface area contributed by atoms with Gasteiger partial charge in [0.1, 0.15) is 10.1 Å². The predicted molar refractivity (Wildman–Crippen MR) is 90.1 cm³/mol. The van der Waals surface area contributed by atoms with Gasteiger partial charge in [-0.25, -0.2) is 9.97 Å². The van der Waals surface area contributed by atoms with Crippen molar-refractivity contribution >= 4 is 39.9 Å². The summed E-state index contributed by atoms with van der Waals surface area (Å²) in [4.78, 5) is 24.4. The maximum absolute atomic E-state index is 11.8. The highest BCUT2D eigenvalue weighted by molar-refractivity contribution is 8.40. The SMILES string of the molecule is CSC1=NC(=O)/C(=C/c2cccc(Oc3ncccn3)c2)S1. The molecule has 1 aromatic heterocycles. The number of aliphatic imine (C=N–C) groups is 1. The van der Waals surface area contributed by atoms with Crippen LogP contribution in [0.15, 0.2) is 52.6 Å². The van der Waals surface area contributed by atoms with Gasteiger partial charge < -0.3 is 4.74 Å². The van der Waals surface area contributed by atoms with Crippen molar-refractivity contribution in [3.05, 3.63) is 53.2 Å². The van der Waals surface area contributed by atoms with Crippen molar-refractivity contribution in [2.75, 3.05) is 6.26 Å². The lowest BCUT2D eigenvalue weighted by atomic mass is 10.2. The van der Waals surface area contributed by atoms with Crippen LogP contribution >= 0.6 is 23.5 Å². The molecule has 0 saturated heterocycles. The molecule has 0 bridgehead atoms. The van der Waals surface area contributed by atoms with Crippen LogP contribution in [0.2, 0.25) is 0 Å². The van der Waals surface area contributed by atoms with E-state index in [0.717, 1.165) is 9.94 Å². The van der Waals surface area contributed by atoms with Crippen LogP contribution in [-0.2, 0) is 4.79 Å². The molecule has 0 N–H and O–H groups in total. The van der Waals surface area contributed by atoms with Crippen molar-refractivity contribution in [2.45, 2.75) is 0 Å². The van der Waals surface area contributed by atoms with Gasteiger partial charge in [0, 0.05) is 12.4 Å². The van der Waals surface area contributed by atoms with Crippen molar-refractivity contribution in [3.63, 3.8) is 0 Å². The second kappa shape index (κ2) is 6.76. The Hall–Kier alpha value is -2.12. The zero-order valence-corrected chi connectivity index (χ0v) is 13.2.